The maximum absolute atomic E-state index is 12.8. The summed E-state index contributed by atoms with van der Waals surface area (Å²) in [6.45, 7) is -0.517. The SMILES string of the molecule is O=c1c(-c2ccc(O)cc2)coc2c(O)c(OC3O[C@H](CO)[C@@H](O)[C@@H]3O)ccc12. The first kappa shape index (κ1) is 19.2. The Morgan fingerprint density at radius 3 is 2.38 bits per heavy atom. The van der Waals surface area contributed by atoms with Gasteiger partial charge in [0.15, 0.2) is 11.3 Å². The Hall–Kier alpha value is -3.11. The molecule has 1 unspecified atom stereocenters. The van der Waals surface area contributed by atoms with Crippen LogP contribution in [0.15, 0.2) is 51.9 Å². The van der Waals surface area contributed by atoms with E-state index in [0.717, 1.165) is 0 Å². The van der Waals surface area contributed by atoms with E-state index in [1.165, 1.54) is 30.5 Å². The third kappa shape index (κ3) is 3.30. The predicted octanol–water partition coefficient (Wildman–Crippen LogP) is 0.689. The van der Waals surface area contributed by atoms with E-state index in [1.807, 2.05) is 0 Å². The van der Waals surface area contributed by atoms with Gasteiger partial charge in [-0.1, -0.05) is 12.1 Å². The Morgan fingerprint density at radius 2 is 1.72 bits per heavy atom. The summed E-state index contributed by atoms with van der Waals surface area (Å²) >= 11 is 0. The summed E-state index contributed by atoms with van der Waals surface area (Å²) in [5.41, 5.74) is 0.257. The van der Waals surface area contributed by atoms with Crippen LogP contribution in [0, 0.1) is 0 Å². The van der Waals surface area contributed by atoms with Gasteiger partial charge in [0.05, 0.1) is 17.6 Å². The highest BCUT2D eigenvalue weighted by molar-refractivity contribution is 5.87. The lowest BCUT2D eigenvalue weighted by Crippen LogP contribution is -2.35. The van der Waals surface area contributed by atoms with E-state index in [-0.39, 0.29) is 28.0 Å². The Labute approximate surface area is 163 Å². The van der Waals surface area contributed by atoms with Crippen molar-refractivity contribution < 1.29 is 39.4 Å². The van der Waals surface area contributed by atoms with E-state index in [4.69, 9.17) is 19.0 Å². The van der Waals surface area contributed by atoms with E-state index in [1.54, 1.807) is 12.1 Å². The van der Waals surface area contributed by atoms with Crippen molar-refractivity contribution in [2.75, 3.05) is 6.61 Å². The molecule has 4 atom stereocenters. The predicted molar refractivity (Wildman–Crippen MR) is 99.6 cm³/mol. The average Bonchev–Trinajstić information content (AvgIpc) is 2.99. The Balaban J connectivity index is 1.69. The molecular formula is C20H18O9. The molecule has 0 amide bonds. The highest BCUT2D eigenvalue weighted by Crippen LogP contribution is 2.36. The molecule has 152 valence electrons. The number of aliphatic hydroxyl groups excluding tert-OH is 3. The van der Waals surface area contributed by atoms with Crippen LogP contribution in [0.25, 0.3) is 22.1 Å². The first-order chi connectivity index (χ1) is 13.9. The average molecular weight is 402 g/mol. The maximum Gasteiger partial charge on any atom is 0.229 e. The van der Waals surface area contributed by atoms with E-state index in [9.17, 15) is 25.2 Å². The maximum atomic E-state index is 12.8. The van der Waals surface area contributed by atoms with Gasteiger partial charge in [-0.25, -0.2) is 0 Å². The molecule has 0 saturated carbocycles. The molecule has 0 aliphatic carbocycles. The number of hydrogen-bond acceptors (Lipinski definition) is 9. The fourth-order valence-electron chi connectivity index (χ4n) is 3.19. The standard InChI is InChI=1S/C20H18O9/c21-7-14-16(24)18(26)20(29-14)28-13-6-5-11-15(23)12(8-27-19(11)17(13)25)9-1-3-10(22)4-2-9/h1-6,8,14,16,18,20-22,24-26H,7H2/t14-,16-,18+,20?/m1/s1. The van der Waals surface area contributed by atoms with Crippen LogP contribution in [0.2, 0.25) is 0 Å². The van der Waals surface area contributed by atoms with Gasteiger partial charge >= 0.3 is 0 Å². The van der Waals surface area contributed by atoms with Crippen LogP contribution in [0.3, 0.4) is 0 Å². The first-order valence-electron chi connectivity index (χ1n) is 8.76. The van der Waals surface area contributed by atoms with Gasteiger partial charge < -0.3 is 39.4 Å². The first-order valence-corrected chi connectivity index (χ1v) is 8.76. The topological polar surface area (TPSA) is 150 Å². The quantitative estimate of drug-likeness (QED) is 0.425. The lowest BCUT2D eigenvalue weighted by Gasteiger charge is -2.18. The highest BCUT2D eigenvalue weighted by Gasteiger charge is 2.44. The lowest BCUT2D eigenvalue weighted by molar-refractivity contribution is -0.117. The molecule has 29 heavy (non-hydrogen) atoms. The van der Waals surface area contributed by atoms with Gasteiger partial charge in [-0.2, -0.15) is 0 Å². The third-order valence-corrected chi connectivity index (χ3v) is 4.80. The number of aliphatic hydroxyl groups is 3. The molecule has 9 heteroatoms. The van der Waals surface area contributed by atoms with E-state index in [0.29, 0.717) is 5.56 Å². The van der Waals surface area contributed by atoms with Crippen molar-refractivity contribution in [3.63, 3.8) is 0 Å². The second-order valence-electron chi connectivity index (χ2n) is 6.64. The summed E-state index contributed by atoms with van der Waals surface area (Å²) in [5, 5.41) is 48.8. The van der Waals surface area contributed by atoms with Crippen LogP contribution in [0.4, 0.5) is 0 Å². The second kappa shape index (κ2) is 7.37. The van der Waals surface area contributed by atoms with Crippen LogP contribution in [-0.2, 0) is 4.74 Å². The lowest BCUT2D eigenvalue weighted by atomic mass is 10.1. The van der Waals surface area contributed by atoms with E-state index < -0.39 is 42.4 Å². The molecule has 1 saturated heterocycles. The molecule has 1 aliphatic rings. The molecule has 0 spiro atoms. The van der Waals surface area contributed by atoms with Crippen molar-refractivity contribution in [1.82, 2.24) is 0 Å². The van der Waals surface area contributed by atoms with E-state index >= 15 is 0 Å². The van der Waals surface area contributed by atoms with Gasteiger partial charge in [0.25, 0.3) is 0 Å². The molecule has 2 heterocycles. The summed E-state index contributed by atoms with van der Waals surface area (Å²) in [6, 6.07) is 8.70. The van der Waals surface area contributed by atoms with Crippen LogP contribution in [0.1, 0.15) is 0 Å². The van der Waals surface area contributed by atoms with Crippen molar-refractivity contribution >= 4 is 11.0 Å². The number of benzene rings is 2. The molecule has 4 rings (SSSR count). The van der Waals surface area contributed by atoms with E-state index in [2.05, 4.69) is 0 Å². The van der Waals surface area contributed by atoms with Crippen LogP contribution < -0.4 is 10.2 Å². The molecule has 5 N–H and O–H groups in total. The summed E-state index contributed by atoms with van der Waals surface area (Å²) < 4.78 is 16.1. The highest BCUT2D eigenvalue weighted by atomic mass is 16.7. The van der Waals surface area contributed by atoms with Crippen LogP contribution in [-0.4, -0.2) is 56.7 Å². The molecular weight excluding hydrogens is 384 g/mol. The zero-order valence-corrected chi connectivity index (χ0v) is 14.9. The van der Waals surface area contributed by atoms with Crippen LogP contribution in [0.5, 0.6) is 17.2 Å². The monoisotopic (exact) mass is 402 g/mol. The van der Waals surface area contributed by atoms with Gasteiger partial charge in [-0.3, -0.25) is 4.79 Å². The zero-order chi connectivity index (χ0) is 20.7. The molecule has 0 radical (unpaired) electrons. The Bertz CT molecular complexity index is 1090. The molecule has 9 nitrogen and oxygen atoms in total. The van der Waals surface area contributed by atoms with Gasteiger partial charge in [0, 0.05) is 0 Å². The van der Waals surface area contributed by atoms with Gasteiger partial charge in [-0.15, -0.1) is 0 Å². The molecule has 0 bridgehead atoms. The molecule has 1 fully saturated rings. The largest absolute Gasteiger partial charge is 0.508 e. The summed E-state index contributed by atoms with van der Waals surface area (Å²) in [6.07, 6.45) is -3.95. The molecule has 1 aromatic heterocycles. The minimum atomic E-state index is -1.44. The van der Waals surface area contributed by atoms with Gasteiger partial charge in [0.1, 0.15) is 30.3 Å². The smallest absolute Gasteiger partial charge is 0.229 e. The fourth-order valence-corrected chi connectivity index (χ4v) is 3.19. The molecule has 3 aromatic rings. The number of ether oxygens (including phenoxy) is 2. The normalized spacial score (nSPS) is 24.1. The number of phenolic OH excluding ortho intramolecular Hbond substituents is 2. The van der Waals surface area contributed by atoms with Crippen molar-refractivity contribution in [1.29, 1.82) is 0 Å². The van der Waals surface area contributed by atoms with Gasteiger partial charge in [-0.05, 0) is 29.8 Å². The van der Waals surface area contributed by atoms with Gasteiger partial charge in [0.2, 0.25) is 17.5 Å². The molecule has 1 aliphatic heterocycles. The second-order valence-corrected chi connectivity index (χ2v) is 6.64. The number of aromatic hydroxyl groups is 2. The number of rotatable bonds is 4. The van der Waals surface area contributed by atoms with Crippen molar-refractivity contribution in [2.45, 2.75) is 24.6 Å². The zero-order valence-electron chi connectivity index (χ0n) is 14.9. The number of hydrogen-bond donors (Lipinski definition) is 5. The van der Waals surface area contributed by atoms with Crippen molar-refractivity contribution in [2.24, 2.45) is 0 Å². The summed E-state index contributed by atoms with van der Waals surface area (Å²) in [5.74, 6) is -0.550. The van der Waals surface area contributed by atoms with Crippen molar-refractivity contribution in [3.05, 3.63) is 52.9 Å². The van der Waals surface area contributed by atoms with Crippen LogP contribution >= 0.6 is 0 Å². The minimum Gasteiger partial charge on any atom is -0.508 e. The summed E-state index contributed by atoms with van der Waals surface area (Å²) in [7, 11) is 0. The summed E-state index contributed by atoms with van der Waals surface area (Å²) in [4.78, 5) is 12.8. The van der Waals surface area contributed by atoms with Crippen molar-refractivity contribution in [3.8, 4) is 28.4 Å². The molecule has 2 aromatic carbocycles. The number of phenols is 2. The Morgan fingerprint density at radius 1 is 1.00 bits per heavy atom. The Kier molecular flexibility index (Phi) is 4.89. The fraction of sp³-hybridized carbons (Fsp3) is 0.250. The minimum absolute atomic E-state index is 0.0586. The third-order valence-electron chi connectivity index (χ3n) is 4.80. The number of fused-ring (bicyclic) bond motifs is 1.